The highest BCUT2D eigenvalue weighted by Gasteiger charge is 2.11. The minimum absolute atomic E-state index is 0.126. The first-order valence-electron chi connectivity index (χ1n) is 5.03. The van der Waals surface area contributed by atoms with Crippen molar-refractivity contribution in [1.29, 1.82) is 0 Å². The fraction of sp³-hybridized carbons (Fsp3) is 0.182. The van der Waals surface area contributed by atoms with Crippen molar-refractivity contribution in [3.63, 3.8) is 0 Å². The Labute approximate surface area is 102 Å². The van der Waals surface area contributed by atoms with Crippen LogP contribution in [0.25, 0.3) is 16.5 Å². The minimum Gasteiger partial charge on any atom is -0.507 e. The molecule has 94 valence electrons. The van der Waals surface area contributed by atoms with E-state index in [0.717, 1.165) is 12.1 Å². The molecule has 0 saturated carbocycles. The summed E-state index contributed by atoms with van der Waals surface area (Å²) in [6.45, 7) is 0.266. The molecule has 0 bridgehead atoms. The fourth-order valence-electron chi connectivity index (χ4n) is 1.30. The zero-order chi connectivity index (χ0) is 13.5. The molecule has 0 aliphatic carbocycles. The van der Waals surface area contributed by atoms with E-state index in [1.165, 1.54) is 6.08 Å². The van der Waals surface area contributed by atoms with Crippen molar-refractivity contribution < 1.29 is 20.1 Å². The number of hydrogen-bond acceptors (Lipinski definition) is 4. The maximum Gasteiger partial charge on any atom is 0.335 e. The van der Waals surface area contributed by atoms with E-state index in [1.54, 1.807) is 6.08 Å². The summed E-state index contributed by atoms with van der Waals surface area (Å²) in [6, 6.07) is 2.10. The van der Waals surface area contributed by atoms with Gasteiger partial charge in [0.1, 0.15) is 11.5 Å². The summed E-state index contributed by atoms with van der Waals surface area (Å²) in [5.41, 5.74) is 7.98. The highest BCUT2D eigenvalue weighted by Crippen LogP contribution is 2.30. The number of rotatable bonds is 5. The summed E-state index contributed by atoms with van der Waals surface area (Å²) in [5.74, 6) is -1.89. The van der Waals surface area contributed by atoms with Crippen molar-refractivity contribution in [2.75, 3.05) is 6.54 Å². The number of aromatic hydroxyl groups is 2. The van der Waals surface area contributed by atoms with E-state index in [2.05, 4.69) is 10.0 Å². The second-order valence-electron chi connectivity index (χ2n) is 3.38. The molecule has 0 aliphatic heterocycles. The molecule has 1 aromatic carbocycles. The smallest absolute Gasteiger partial charge is 0.335 e. The Balaban J connectivity index is 2.90. The van der Waals surface area contributed by atoms with E-state index in [-0.39, 0.29) is 29.2 Å². The van der Waals surface area contributed by atoms with Gasteiger partial charge < -0.3 is 15.3 Å². The van der Waals surface area contributed by atoms with Gasteiger partial charge in [-0.2, -0.15) is 0 Å². The van der Waals surface area contributed by atoms with Gasteiger partial charge in [0.25, 0.3) is 0 Å². The van der Waals surface area contributed by atoms with Gasteiger partial charge in [-0.15, -0.1) is 0 Å². The summed E-state index contributed by atoms with van der Waals surface area (Å²) in [6.07, 6.45) is 3.48. The summed E-state index contributed by atoms with van der Waals surface area (Å²) in [5, 5.41) is 31.2. The van der Waals surface area contributed by atoms with Gasteiger partial charge in [-0.3, -0.25) is 0 Å². The predicted molar refractivity (Wildman–Crippen MR) is 64.4 cm³/mol. The normalized spacial score (nSPS) is 10.2. The highest BCUT2D eigenvalue weighted by molar-refractivity contribution is 5.89. The van der Waals surface area contributed by atoms with E-state index in [1.807, 2.05) is 0 Å². The molecule has 1 aromatic rings. The molecule has 0 aromatic heterocycles. The van der Waals surface area contributed by atoms with Gasteiger partial charge >= 0.3 is 5.97 Å². The van der Waals surface area contributed by atoms with Crippen LogP contribution in [0.4, 0.5) is 0 Å². The molecule has 7 nitrogen and oxygen atoms in total. The molecule has 1 rings (SSSR count). The molecule has 3 N–H and O–H groups in total. The molecule has 0 fully saturated rings. The topological polar surface area (TPSA) is 127 Å². The van der Waals surface area contributed by atoms with Crippen molar-refractivity contribution in [3.05, 3.63) is 39.8 Å². The quantitative estimate of drug-likeness (QED) is 0.320. The Hall–Kier alpha value is -2.66. The number of aromatic carboxylic acids is 1. The van der Waals surface area contributed by atoms with Gasteiger partial charge in [-0.05, 0) is 24.1 Å². The van der Waals surface area contributed by atoms with E-state index >= 15 is 0 Å². The molecule has 0 atom stereocenters. The monoisotopic (exact) mass is 249 g/mol. The number of phenolic OH excluding ortho intramolecular Hbond substituents is 2. The Morgan fingerprint density at radius 2 is 2.00 bits per heavy atom. The first-order chi connectivity index (χ1) is 8.56. The second kappa shape index (κ2) is 6.17. The largest absolute Gasteiger partial charge is 0.507 e. The Morgan fingerprint density at radius 3 is 2.50 bits per heavy atom. The van der Waals surface area contributed by atoms with Crippen LogP contribution in [0.3, 0.4) is 0 Å². The Morgan fingerprint density at radius 1 is 1.39 bits per heavy atom. The summed E-state index contributed by atoms with van der Waals surface area (Å²) in [4.78, 5) is 13.2. The highest BCUT2D eigenvalue weighted by atomic mass is 16.4. The van der Waals surface area contributed by atoms with Gasteiger partial charge in [-0.25, -0.2) is 4.79 Å². The van der Waals surface area contributed by atoms with Crippen molar-refractivity contribution in [3.8, 4) is 11.5 Å². The number of hydrogen-bond donors (Lipinski definition) is 3. The summed E-state index contributed by atoms with van der Waals surface area (Å²) >= 11 is 0. The number of benzene rings is 1. The SMILES string of the molecule is [N-]=[N+]=NCCC=Cc1c(O)cc(C(=O)O)cc1O. The zero-order valence-corrected chi connectivity index (χ0v) is 9.32. The van der Waals surface area contributed by atoms with Crippen LogP contribution in [0.2, 0.25) is 0 Å². The van der Waals surface area contributed by atoms with E-state index < -0.39 is 5.97 Å². The van der Waals surface area contributed by atoms with Crippen LogP contribution < -0.4 is 0 Å². The lowest BCUT2D eigenvalue weighted by Crippen LogP contribution is -1.96. The number of phenols is 2. The van der Waals surface area contributed by atoms with Crippen LogP contribution in [0.15, 0.2) is 23.3 Å². The Bertz CT molecular complexity index is 510. The third-order valence-electron chi connectivity index (χ3n) is 2.13. The number of carboxylic acid groups (broad SMARTS) is 1. The van der Waals surface area contributed by atoms with Crippen LogP contribution in [-0.2, 0) is 0 Å². The van der Waals surface area contributed by atoms with Gasteiger partial charge in [0.2, 0.25) is 0 Å². The number of nitrogens with zero attached hydrogens (tertiary/aromatic N) is 3. The van der Waals surface area contributed by atoms with Gasteiger partial charge in [0, 0.05) is 11.5 Å². The van der Waals surface area contributed by atoms with E-state index in [0.29, 0.717) is 6.42 Å². The molecule has 0 heterocycles. The van der Waals surface area contributed by atoms with Crippen molar-refractivity contribution in [1.82, 2.24) is 0 Å². The lowest BCUT2D eigenvalue weighted by Gasteiger charge is -2.04. The lowest BCUT2D eigenvalue weighted by atomic mass is 10.1. The van der Waals surface area contributed by atoms with Crippen LogP contribution >= 0.6 is 0 Å². The summed E-state index contributed by atoms with van der Waals surface area (Å²) < 4.78 is 0. The second-order valence-corrected chi connectivity index (χ2v) is 3.38. The van der Waals surface area contributed by atoms with Crippen molar-refractivity contribution in [2.45, 2.75) is 6.42 Å². The maximum atomic E-state index is 10.7. The number of carboxylic acids is 1. The number of azide groups is 1. The zero-order valence-electron chi connectivity index (χ0n) is 9.32. The molecule has 0 saturated heterocycles. The molecular formula is C11H11N3O4. The van der Waals surface area contributed by atoms with Crippen LogP contribution in [0, 0.1) is 0 Å². The molecule has 0 spiro atoms. The standard InChI is InChI=1S/C11H11N3O4/c12-14-13-4-2-1-3-8-9(15)5-7(11(17)18)6-10(8)16/h1,3,5-6,15-16H,2,4H2,(H,17,18). The average molecular weight is 249 g/mol. The molecule has 0 radical (unpaired) electrons. The summed E-state index contributed by atoms with van der Waals surface area (Å²) in [7, 11) is 0. The number of carbonyl (C=O) groups is 1. The minimum atomic E-state index is -1.24. The third-order valence-corrected chi connectivity index (χ3v) is 2.13. The average Bonchev–Trinajstić information content (AvgIpc) is 2.31. The van der Waals surface area contributed by atoms with Crippen LogP contribution in [-0.4, -0.2) is 27.8 Å². The van der Waals surface area contributed by atoms with E-state index in [9.17, 15) is 15.0 Å². The molecule has 18 heavy (non-hydrogen) atoms. The lowest BCUT2D eigenvalue weighted by molar-refractivity contribution is 0.0696. The molecule has 0 amide bonds. The van der Waals surface area contributed by atoms with Gasteiger partial charge in [0.15, 0.2) is 0 Å². The molecule has 0 aliphatic rings. The first-order valence-corrected chi connectivity index (χ1v) is 5.03. The molecule has 7 heteroatoms. The van der Waals surface area contributed by atoms with E-state index in [4.69, 9.17) is 10.6 Å². The third kappa shape index (κ3) is 3.43. The predicted octanol–water partition coefficient (Wildman–Crippen LogP) is 2.51. The fourth-order valence-corrected chi connectivity index (χ4v) is 1.30. The Kier molecular flexibility index (Phi) is 4.59. The molecule has 0 unspecified atom stereocenters. The van der Waals surface area contributed by atoms with Gasteiger partial charge in [0.05, 0.1) is 11.1 Å². The maximum absolute atomic E-state index is 10.7. The first kappa shape index (κ1) is 13.4. The van der Waals surface area contributed by atoms with Gasteiger partial charge in [-0.1, -0.05) is 17.3 Å². The van der Waals surface area contributed by atoms with Crippen molar-refractivity contribution >= 4 is 12.0 Å². The van der Waals surface area contributed by atoms with Crippen molar-refractivity contribution in [2.24, 2.45) is 5.11 Å². The molecular weight excluding hydrogens is 238 g/mol. The van der Waals surface area contributed by atoms with Crippen LogP contribution in [0.1, 0.15) is 22.3 Å². The van der Waals surface area contributed by atoms with Crippen LogP contribution in [0.5, 0.6) is 11.5 Å².